The van der Waals surface area contributed by atoms with Crippen LogP contribution in [0.2, 0.25) is 0 Å². The molecule has 0 fully saturated rings. The van der Waals surface area contributed by atoms with Gasteiger partial charge in [0.1, 0.15) is 11.3 Å². The standard InChI is InChI=1S/C20H22O4/c1-14-19-16(10-6-9-15-7-4-3-5-8-15)17(23-13-21)11-12-18(19)24-20(14)22-2/h3-5,7-8,11-12,21H,6,9-10,13H2,1-2H3. The second-order valence-electron chi connectivity index (χ2n) is 5.75. The minimum absolute atomic E-state index is 0.342. The largest absolute Gasteiger partial charge is 0.468 e. The molecule has 0 spiro atoms. The van der Waals surface area contributed by atoms with Crippen LogP contribution in [0, 0.1) is 6.92 Å². The van der Waals surface area contributed by atoms with Crippen molar-refractivity contribution in [2.24, 2.45) is 0 Å². The molecule has 1 heterocycles. The molecule has 126 valence electrons. The van der Waals surface area contributed by atoms with E-state index in [9.17, 15) is 0 Å². The van der Waals surface area contributed by atoms with Gasteiger partial charge in [0.05, 0.1) is 7.11 Å². The highest BCUT2D eigenvalue weighted by atomic mass is 16.6. The molecule has 0 saturated carbocycles. The summed E-state index contributed by atoms with van der Waals surface area (Å²) in [5.74, 6) is 1.22. The number of hydrogen-bond donors (Lipinski definition) is 1. The maximum absolute atomic E-state index is 9.17. The molecular formula is C20H22O4. The summed E-state index contributed by atoms with van der Waals surface area (Å²) in [6.07, 6.45) is 2.81. The Morgan fingerprint density at radius 1 is 1.04 bits per heavy atom. The third-order valence-electron chi connectivity index (χ3n) is 4.26. The van der Waals surface area contributed by atoms with Crippen LogP contribution in [-0.4, -0.2) is 19.0 Å². The molecule has 0 radical (unpaired) electrons. The number of hydrogen-bond acceptors (Lipinski definition) is 4. The molecule has 24 heavy (non-hydrogen) atoms. The zero-order valence-electron chi connectivity index (χ0n) is 14.0. The summed E-state index contributed by atoms with van der Waals surface area (Å²) in [6.45, 7) is 1.64. The smallest absolute Gasteiger partial charge is 0.288 e. The van der Waals surface area contributed by atoms with E-state index >= 15 is 0 Å². The number of aliphatic hydroxyl groups excluding tert-OH is 1. The fourth-order valence-electron chi connectivity index (χ4n) is 3.14. The molecule has 0 aliphatic carbocycles. The lowest BCUT2D eigenvalue weighted by molar-refractivity contribution is 0.0977. The van der Waals surface area contributed by atoms with Gasteiger partial charge in [-0.25, -0.2) is 0 Å². The first-order chi connectivity index (χ1) is 11.7. The third-order valence-corrected chi connectivity index (χ3v) is 4.26. The van der Waals surface area contributed by atoms with Crippen molar-refractivity contribution >= 4 is 11.0 Å². The van der Waals surface area contributed by atoms with E-state index in [0.717, 1.165) is 41.4 Å². The van der Waals surface area contributed by atoms with Crippen LogP contribution in [0.3, 0.4) is 0 Å². The average molecular weight is 326 g/mol. The van der Waals surface area contributed by atoms with E-state index in [1.807, 2.05) is 25.1 Å². The normalized spacial score (nSPS) is 11.0. The van der Waals surface area contributed by atoms with Gasteiger partial charge in [-0.1, -0.05) is 30.3 Å². The molecule has 0 atom stereocenters. The second kappa shape index (κ2) is 7.41. The van der Waals surface area contributed by atoms with E-state index < -0.39 is 0 Å². The van der Waals surface area contributed by atoms with Gasteiger partial charge in [0, 0.05) is 16.5 Å². The van der Waals surface area contributed by atoms with Gasteiger partial charge in [-0.2, -0.15) is 0 Å². The number of ether oxygens (including phenoxy) is 2. The van der Waals surface area contributed by atoms with Gasteiger partial charge in [0.2, 0.25) is 0 Å². The Balaban J connectivity index is 1.91. The minimum atomic E-state index is -0.342. The lowest BCUT2D eigenvalue weighted by Crippen LogP contribution is -2.00. The highest BCUT2D eigenvalue weighted by molar-refractivity contribution is 5.88. The van der Waals surface area contributed by atoms with Crippen molar-refractivity contribution in [1.82, 2.24) is 0 Å². The molecule has 4 nitrogen and oxygen atoms in total. The Kier molecular flexibility index (Phi) is 5.06. The molecule has 0 unspecified atom stereocenters. The zero-order chi connectivity index (χ0) is 16.9. The summed E-state index contributed by atoms with van der Waals surface area (Å²) >= 11 is 0. The van der Waals surface area contributed by atoms with Crippen LogP contribution < -0.4 is 9.47 Å². The summed E-state index contributed by atoms with van der Waals surface area (Å²) < 4.78 is 16.5. The quantitative estimate of drug-likeness (QED) is 0.659. The molecule has 4 heteroatoms. The van der Waals surface area contributed by atoms with Gasteiger partial charge >= 0.3 is 0 Å². The lowest BCUT2D eigenvalue weighted by Gasteiger charge is -2.11. The summed E-state index contributed by atoms with van der Waals surface area (Å²) in [6, 6.07) is 14.1. The second-order valence-corrected chi connectivity index (χ2v) is 5.75. The number of benzene rings is 2. The summed E-state index contributed by atoms with van der Waals surface area (Å²) in [5.41, 5.74) is 4.12. The lowest BCUT2D eigenvalue weighted by atomic mass is 9.98. The molecule has 0 amide bonds. The van der Waals surface area contributed by atoms with Crippen molar-refractivity contribution in [3.63, 3.8) is 0 Å². The molecule has 0 bridgehead atoms. The Labute approximate surface area is 141 Å². The van der Waals surface area contributed by atoms with E-state index in [0.29, 0.717) is 11.7 Å². The molecule has 0 aliphatic heterocycles. The van der Waals surface area contributed by atoms with Crippen molar-refractivity contribution in [2.45, 2.75) is 26.2 Å². The molecule has 0 aliphatic rings. The number of rotatable bonds is 7. The van der Waals surface area contributed by atoms with Crippen molar-refractivity contribution < 1.29 is 19.0 Å². The number of aliphatic hydroxyl groups is 1. The maximum atomic E-state index is 9.17. The van der Waals surface area contributed by atoms with Gasteiger partial charge in [0.15, 0.2) is 6.79 Å². The highest BCUT2D eigenvalue weighted by Crippen LogP contribution is 2.38. The van der Waals surface area contributed by atoms with Crippen LogP contribution in [0.5, 0.6) is 11.7 Å². The maximum Gasteiger partial charge on any atom is 0.288 e. The number of aryl methyl sites for hydroxylation is 3. The van der Waals surface area contributed by atoms with Crippen LogP contribution >= 0.6 is 0 Å². The molecule has 2 aromatic carbocycles. The van der Waals surface area contributed by atoms with Gasteiger partial charge in [-0.05, 0) is 43.9 Å². The Morgan fingerprint density at radius 3 is 2.54 bits per heavy atom. The van der Waals surface area contributed by atoms with Gasteiger partial charge in [-0.3, -0.25) is 0 Å². The average Bonchev–Trinajstić information content (AvgIpc) is 2.94. The fourth-order valence-corrected chi connectivity index (χ4v) is 3.14. The first-order valence-electron chi connectivity index (χ1n) is 8.11. The number of methoxy groups -OCH3 is 1. The van der Waals surface area contributed by atoms with Crippen molar-refractivity contribution in [2.75, 3.05) is 13.9 Å². The van der Waals surface area contributed by atoms with Crippen LogP contribution in [-0.2, 0) is 12.8 Å². The van der Waals surface area contributed by atoms with E-state index in [-0.39, 0.29) is 6.79 Å². The van der Waals surface area contributed by atoms with E-state index in [1.165, 1.54) is 5.56 Å². The van der Waals surface area contributed by atoms with E-state index in [1.54, 1.807) is 7.11 Å². The number of furan rings is 1. The molecule has 0 saturated heterocycles. The van der Waals surface area contributed by atoms with E-state index in [2.05, 4.69) is 24.3 Å². The van der Waals surface area contributed by atoms with Gasteiger partial charge < -0.3 is 19.0 Å². The monoisotopic (exact) mass is 326 g/mol. The predicted molar refractivity (Wildman–Crippen MR) is 93.7 cm³/mol. The number of fused-ring (bicyclic) bond motifs is 1. The molecule has 1 N–H and O–H groups in total. The Hall–Kier alpha value is -2.46. The highest BCUT2D eigenvalue weighted by Gasteiger charge is 2.18. The Morgan fingerprint density at radius 2 is 1.83 bits per heavy atom. The Bertz CT molecular complexity index is 805. The zero-order valence-corrected chi connectivity index (χ0v) is 14.0. The fraction of sp³-hybridized carbons (Fsp3) is 0.300. The SMILES string of the molecule is COc1oc2ccc(OCO)c(CCCc3ccccc3)c2c1C. The van der Waals surface area contributed by atoms with Crippen molar-refractivity contribution in [3.05, 3.63) is 59.2 Å². The van der Waals surface area contributed by atoms with Crippen molar-refractivity contribution in [1.29, 1.82) is 0 Å². The summed E-state index contributed by atoms with van der Waals surface area (Å²) in [4.78, 5) is 0. The third kappa shape index (κ3) is 3.24. The molecule has 3 aromatic rings. The predicted octanol–water partition coefficient (Wildman–Crippen LogP) is 4.25. The van der Waals surface area contributed by atoms with Crippen molar-refractivity contribution in [3.8, 4) is 11.7 Å². The van der Waals surface area contributed by atoms with E-state index in [4.69, 9.17) is 19.0 Å². The van der Waals surface area contributed by atoms with Gasteiger partial charge in [0.25, 0.3) is 5.95 Å². The summed E-state index contributed by atoms with van der Waals surface area (Å²) in [5, 5.41) is 10.2. The summed E-state index contributed by atoms with van der Waals surface area (Å²) in [7, 11) is 1.60. The first kappa shape index (κ1) is 16.4. The molecule has 1 aromatic heterocycles. The van der Waals surface area contributed by atoms with Gasteiger partial charge in [-0.15, -0.1) is 0 Å². The minimum Gasteiger partial charge on any atom is -0.468 e. The van der Waals surface area contributed by atoms with Crippen LogP contribution in [0.1, 0.15) is 23.1 Å². The van der Waals surface area contributed by atoms with Crippen LogP contribution in [0.25, 0.3) is 11.0 Å². The molecule has 3 rings (SSSR count). The first-order valence-corrected chi connectivity index (χ1v) is 8.11. The molecular weight excluding hydrogens is 304 g/mol. The van der Waals surface area contributed by atoms with Crippen LogP contribution in [0.4, 0.5) is 0 Å². The van der Waals surface area contributed by atoms with Crippen LogP contribution in [0.15, 0.2) is 46.9 Å². The topological polar surface area (TPSA) is 51.8 Å².